The van der Waals surface area contributed by atoms with Crippen LogP contribution in [0.2, 0.25) is 0 Å². The summed E-state index contributed by atoms with van der Waals surface area (Å²) in [6, 6.07) is 8.08. The molecule has 1 aromatic carbocycles. The Morgan fingerprint density at radius 1 is 1.32 bits per heavy atom. The zero-order valence-corrected chi connectivity index (χ0v) is 11.8. The molecule has 0 aliphatic heterocycles. The minimum absolute atomic E-state index is 0.624. The molecule has 2 aromatic rings. The van der Waals surface area contributed by atoms with Crippen molar-refractivity contribution in [2.45, 2.75) is 27.3 Å². The van der Waals surface area contributed by atoms with Gasteiger partial charge in [0.1, 0.15) is 12.4 Å². The van der Waals surface area contributed by atoms with Crippen LogP contribution in [0, 0.1) is 13.8 Å². The monoisotopic (exact) mass is 259 g/mol. The number of nitrogens with zero attached hydrogens (tertiary/aromatic N) is 2. The van der Waals surface area contributed by atoms with E-state index in [1.165, 1.54) is 5.56 Å². The highest BCUT2D eigenvalue weighted by Crippen LogP contribution is 2.12. The van der Waals surface area contributed by atoms with E-state index in [4.69, 9.17) is 4.74 Å². The van der Waals surface area contributed by atoms with E-state index in [1.807, 2.05) is 31.3 Å². The van der Waals surface area contributed by atoms with E-state index in [1.54, 1.807) is 0 Å². The Kier molecular flexibility index (Phi) is 4.44. The van der Waals surface area contributed by atoms with Crippen LogP contribution in [-0.2, 0) is 6.54 Å². The zero-order chi connectivity index (χ0) is 13.7. The van der Waals surface area contributed by atoms with Crippen LogP contribution in [0.4, 0.5) is 5.95 Å². The van der Waals surface area contributed by atoms with E-state index in [9.17, 15) is 0 Å². The van der Waals surface area contributed by atoms with Crippen LogP contribution < -0.4 is 10.1 Å². The molecule has 4 heteroatoms. The normalized spacial score (nSPS) is 10.5. The molecule has 0 spiro atoms. The van der Waals surface area contributed by atoms with Crippen molar-refractivity contribution in [3.63, 3.8) is 0 Å². The summed E-state index contributed by atoms with van der Waals surface area (Å²) in [5.74, 6) is 1.82. The maximum Gasteiger partial charge on any atom is 0.203 e. The van der Waals surface area contributed by atoms with Gasteiger partial charge in [-0.25, -0.2) is 4.98 Å². The lowest BCUT2D eigenvalue weighted by molar-refractivity contribution is 0.332. The smallest absolute Gasteiger partial charge is 0.203 e. The molecule has 0 saturated carbocycles. The molecule has 19 heavy (non-hydrogen) atoms. The summed E-state index contributed by atoms with van der Waals surface area (Å²) < 4.78 is 7.79. The topological polar surface area (TPSA) is 39.1 Å². The van der Waals surface area contributed by atoms with Gasteiger partial charge < -0.3 is 14.6 Å². The lowest BCUT2D eigenvalue weighted by atomic mass is 10.2. The van der Waals surface area contributed by atoms with Crippen molar-refractivity contribution in [1.82, 2.24) is 9.55 Å². The number of benzene rings is 1. The standard InChI is InChI=1S/C15H21N3O/c1-4-18-11-13(3)17-15(18)16-8-9-19-14-7-5-6-12(2)10-14/h5-7,10-11H,4,8-9H2,1-3H3,(H,16,17). The van der Waals surface area contributed by atoms with E-state index >= 15 is 0 Å². The van der Waals surface area contributed by atoms with E-state index in [-0.39, 0.29) is 0 Å². The molecule has 0 radical (unpaired) electrons. The van der Waals surface area contributed by atoms with Crippen LogP contribution in [0.15, 0.2) is 30.5 Å². The van der Waals surface area contributed by atoms with Crippen LogP contribution >= 0.6 is 0 Å². The Balaban J connectivity index is 1.80. The van der Waals surface area contributed by atoms with Crippen molar-refractivity contribution in [1.29, 1.82) is 0 Å². The van der Waals surface area contributed by atoms with E-state index in [0.717, 1.165) is 30.5 Å². The third kappa shape index (κ3) is 3.74. The van der Waals surface area contributed by atoms with Crippen LogP contribution in [0.1, 0.15) is 18.2 Å². The third-order valence-electron chi connectivity index (χ3n) is 2.88. The molecule has 0 amide bonds. The first kappa shape index (κ1) is 13.5. The summed E-state index contributed by atoms with van der Waals surface area (Å²) in [5, 5.41) is 3.30. The maximum atomic E-state index is 5.69. The van der Waals surface area contributed by atoms with Gasteiger partial charge in [0.15, 0.2) is 0 Å². The Morgan fingerprint density at radius 2 is 2.16 bits per heavy atom. The van der Waals surface area contributed by atoms with Gasteiger partial charge in [0.05, 0.1) is 12.2 Å². The van der Waals surface area contributed by atoms with Crippen molar-refractivity contribution < 1.29 is 4.74 Å². The van der Waals surface area contributed by atoms with Crippen molar-refractivity contribution >= 4 is 5.95 Å². The zero-order valence-electron chi connectivity index (χ0n) is 11.8. The van der Waals surface area contributed by atoms with E-state index < -0.39 is 0 Å². The van der Waals surface area contributed by atoms with Gasteiger partial charge in [0.25, 0.3) is 0 Å². The Bertz CT molecular complexity index is 534. The highest BCUT2D eigenvalue weighted by atomic mass is 16.5. The predicted molar refractivity (Wildman–Crippen MR) is 77.8 cm³/mol. The number of aryl methyl sites for hydroxylation is 3. The molecule has 0 aliphatic rings. The highest BCUT2D eigenvalue weighted by Gasteiger charge is 2.02. The van der Waals surface area contributed by atoms with Gasteiger partial charge in [-0.05, 0) is 38.5 Å². The molecule has 1 heterocycles. The first-order valence-electron chi connectivity index (χ1n) is 6.66. The molecule has 0 atom stereocenters. The fourth-order valence-corrected chi connectivity index (χ4v) is 1.97. The molecule has 1 N–H and O–H groups in total. The molecule has 0 unspecified atom stereocenters. The predicted octanol–water partition coefficient (Wildman–Crippen LogP) is 3.01. The first-order chi connectivity index (χ1) is 9.19. The maximum absolute atomic E-state index is 5.69. The van der Waals surface area contributed by atoms with E-state index in [2.05, 4.69) is 34.8 Å². The second-order valence-electron chi connectivity index (χ2n) is 4.58. The summed E-state index contributed by atoms with van der Waals surface area (Å²) in [4.78, 5) is 4.44. The molecular formula is C15H21N3O. The lowest BCUT2D eigenvalue weighted by Gasteiger charge is -2.09. The van der Waals surface area contributed by atoms with E-state index in [0.29, 0.717) is 6.61 Å². The molecule has 1 aromatic heterocycles. The Hall–Kier alpha value is -1.97. The average molecular weight is 259 g/mol. The van der Waals surface area contributed by atoms with Crippen molar-refractivity contribution in [3.05, 3.63) is 41.7 Å². The van der Waals surface area contributed by atoms with Crippen molar-refractivity contribution in [2.75, 3.05) is 18.5 Å². The molecule has 0 fully saturated rings. The second kappa shape index (κ2) is 6.27. The fourth-order valence-electron chi connectivity index (χ4n) is 1.97. The molecule has 0 aliphatic carbocycles. The molecule has 102 valence electrons. The highest BCUT2D eigenvalue weighted by molar-refractivity contribution is 5.29. The number of imidazole rings is 1. The summed E-state index contributed by atoms with van der Waals surface area (Å²) in [6.45, 7) is 8.45. The summed E-state index contributed by atoms with van der Waals surface area (Å²) in [7, 11) is 0. The number of ether oxygens (including phenoxy) is 1. The van der Waals surface area contributed by atoms with Gasteiger partial charge in [0, 0.05) is 12.7 Å². The first-order valence-corrected chi connectivity index (χ1v) is 6.66. The number of hydrogen-bond donors (Lipinski definition) is 1. The summed E-state index contributed by atoms with van der Waals surface area (Å²) in [6.07, 6.45) is 2.05. The number of rotatable bonds is 6. The second-order valence-corrected chi connectivity index (χ2v) is 4.58. The van der Waals surface area contributed by atoms with Crippen molar-refractivity contribution in [3.8, 4) is 5.75 Å². The molecule has 4 nitrogen and oxygen atoms in total. The minimum atomic E-state index is 0.624. The van der Waals surface area contributed by atoms with Crippen LogP contribution in [0.3, 0.4) is 0 Å². The van der Waals surface area contributed by atoms with Gasteiger partial charge in [-0.3, -0.25) is 0 Å². The lowest BCUT2D eigenvalue weighted by Crippen LogP contribution is -2.14. The summed E-state index contributed by atoms with van der Waals surface area (Å²) in [5.41, 5.74) is 2.24. The largest absolute Gasteiger partial charge is 0.492 e. The quantitative estimate of drug-likeness (QED) is 0.810. The molecule has 0 saturated heterocycles. The van der Waals surface area contributed by atoms with Gasteiger partial charge in [0.2, 0.25) is 5.95 Å². The number of aromatic nitrogens is 2. The SMILES string of the molecule is CCn1cc(C)nc1NCCOc1cccc(C)c1. The van der Waals surface area contributed by atoms with Gasteiger partial charge in [-0.2, -0.15) is 0 Å². The minimum Gasteiger partial charge on any atom is -0.492 e. The van der Waals surface area contributed by atoms with Crippen LogP contribution in [0.5, 0.6) is 5.75 Å². The van der Waals surface area contributed by atoms with Gasteiger partial charge >= 0.3 is 0 Å². The number of hydrogen-bond acceptors (Lipinski definition) is 3. The fraction of sp³-hybridized carbons (Fsp3) is 0.400. The third-order valence-corrected chi connectivity index (χ3v) is 2.88. The average Bonchev–Trinajstić information content (AvgIpc) is 2.75. The Labute approximate surface area is 114 Å². The number of anilines is 1. The van der Waals surface area contributed by atoms with Gasteiger partial charge in [-0.1, -0.05) is 12.1 Å². The summed E-state index contributed by atoms with van der Waals surface area (Å²) >= 11 is 0. The Morgan fingerprint density at radius 3 is 2.89 bits per heavy atom. The van der Waals surface area contributed by atoms with Crippen molar-refractivity contribution in [2.24, 2.45) is 0 Å². The molecular weight excluding hydrogens is 238 g/mol. The van der Waals surface area contributed by atoms with Crippen LogP contribution in [-0.4, -0.2) is 22.7 Å². The molecule has 2 rings (SSSR count). The van der Waals surface area contributed by atoms with Gasteiger partial charge in [-0.15, -0.1) is 0 Å². The van der Waals surface area contributed by atoms with Crippen LogP contribution in [0.25, 0.3) is 0 Å². The molecule has 0 bridgehead atoms. The number of nitrogens with one attached hydrogen (secondary N) is 1.